The Bertz CT molecular complexity index is 1270. The van der Waals surface area contributed by atoms with E-state index in [1.807, 2.05) is 43.9 Å². The molecule has 8 nitrogen and oxygen atoms in total. The second kappa shape index (κ2) is 9.58. The number of rotatable bonds is 5. The number of esters is 1. The van der Waals surface area contributed by atoms with E-state index < -0.39 is 28.5 Å². The Labute approximate surface area is 200 Å². The molecule has 9 heteroatoms. The lowest BCUT2D eigenvalue weighted by Crippen LogP contribution is -2.35. The molecule has 0 spiro atoms. The molecule has 2 heterocycles. The Hall–Kier alpha value is -3.20. The standard InChI is InChI=1S/C25H29N3O5S/c1-16-8-9-19(13-17(16)2)18(3)26-24(29)15-33-25(30)20-10-11-21-22(14-20)34(31,32)27-23-7-5-4-6-12-28(21)23/h8-11,13-14,18H,4-7,12,15H2,1-3H3,(H,26,29). The molecule has 1 fully saturated rings. The second-order valence-electron chi connectivity index (χ2n) is 8.84. The highest BCUT2D eigenvalue weighted by Gasteiger charge is 2.32. The van der Waals surface area contributed by atoms with Crippen molar-refractivity contribution < 1.29 is 22.7 Å². The number of aryl methyl sites for hydroxylation is 2. The second-order valence-corrected chi connectivity index (χ2v) is 10.4. The van der Waals surface area contributed by atoms with Gasteiger partial charge in [-0.15, -0.1) is 4.40 Å². The minimum atomic E-state index is -3.91. The van der Waals surface area contributed by atoms with Crippen molar-refractivity contribution in [3.8, 4) is 0 Å². The number of amides is 1. The van der Waals surface area contributed by atoms with Crippen LogP contribution in [0, 0.1) is 13.8 Å². The Morgan fingerprint density at radius 2 is 1.88 bits per heavy atom. The number of carbonyl (C=O) groups excluding carboxylic acids is 2. The van der Waals surface area contributed by atoms with Crippen LogP contribution in [-0.2, 0) is 19.6 Å². The minimum absolute atomic E-state index is 0.0135. The van der Waals surface area contributed by atoms with Gasteiger partial charge in [-0.3, -0.25) is 4.79 Å². The molecule has 1 amide bonds. The number of benzene rings is 2. The molecule has 34 heavy (non-hydrogen) atoms. The number of nitrogens with one attached hydrogen (secondary N) is 1. The van der Waals surface area contributed by atoms with Crippen LogP contribution in [0.4, 0.5) is 5.69 Å². The smallest absolute Gasteiger partial charge is 0.338 e. The molecular weight excluding hydrogens is 454 g/mol. The van der Waals surface area contributed by atoms with Crippen molar-refractivity contribution in [3.05, 3.63) is 58.7 Å². The molecular formula is C25H29N3O5S. The summed E-state index contributed by atoms with van der Waals surface area (Å²) in [6, 6.07) is 10.1. The van der Waals surface area contributed by atoms with E-state index in [4.69, 9.17) is 4.74 Å². The maximum Gasteiger partial charge on any atom is 0.338 e. The molecule has 2 aromatic rings. The SMILES string of the molecule is Cc1ccc(C(C)NC(=O)COC(=O)c2ccc3c(c2)S(=O)(=O)N=C2CCCCCN23)cc1C. The number of nitrogens with zero attached hydrogens (tertiary/aromatic N) is 2. The molecule has 1 N–H and O–H groups in total. The topological polar surface area (TPSA) is 105 Å². The van der Waals surface area contributed by atoms with Gasteiger partial charge in [-0.25, -0.2) is 4.79 Å². The summed E-state index contributed by atoms with van der Waals surface area (Å²) in [6.07, 6.45) is 3.46. The summed E-state index contributed by atoms with van der Waals surface area (Å²) in [5.41, 5.74) is 3.84. The molecule has 4 rings (SSSR count). The van der Waals surface area contributed by atoms with Crippen molar-refractivity contribution in [1.29, 1.82) is 0 Å². The highest BCUT2D eigenvalue weighted by Crippen LogP contribution is 2.35. The average Bonchev–Trinajstić information content (AvgIpc) is 3.04. The first-order chi connectivity index (χ1) is 16.2. The molecule has 0 aromatic heterocycles. The molecule has 2 aliphatic heterocycles. The molecule has 180 valence electrons. The van der Waals surface area contributed by atoms with Crippen LogP contribution in [0.15, 0.2) is 45.7 Å². The third-order valence-electron chi connectivity index (χ3n) is 6.33. The molecule has 2 aliphatic rings. The van der Waals surface area contributed by atoms with E-state index in [0.717, 1.165) is 30.4 Å². The number of carbonyl (C=O) groups is 2. The lowest BCUT2D eigenvalue weighted by Gasteiger charge is -2.29. The van der Waals surface area contributed by atoms with E-state index in [9.17, 15) is 18.0 Å². The zero-order valence-corrected chi connectivity index (χ0v) is 20.4. The third kappa shape index (κ3) is 4.99. The number of fused-ring (bicyclic) bond motifs is 3. The van der Waals surface area contributed by atoms with Crippen LogP contribution in [0.25, 0.3) is 0 Å². The number of amidine groups is 1. The molecule has 2 aromatic carbocycles. The van der Waals surface area contributed by atoms with E-state index in [1.54, 1.807) is 6.07 Å². The Kier molecular flexibility index (Phi) is 6.74. The predicted octanol–water partition coefficient (Wildman–Crippen LogP) is 3.82. The van der Waals surface area contributed by atoms with Crippen molar-refractivity contribution in [3.63, 3.8) is 0 Å². The summed E-state index contributed by atoms with van der Waals surface area (Å²) >= 11 is 0. The molecule has 1 unspecified atom stereocenters. The Morgan fingerprint density at radius 3 is 2.65 bits per heavy atom. The van der Waals surface area contributed by atoms with Gasteiger partial charge in [-0.05, 0) is 68.5 Å². The van der Waals surface area contributed by atoms with Gasteiger partial charge in [0.15, 0.2) is 6.61 Å². The maximum absolute atomic E-state index is 12.8. The first-order valence-electron chi connectivity index (χ1n) is 11.4. The zero-order valence-electron chi connectivity index (χ0n) is 19.6. The highest BCUT2D eigenvalue weighted by molar-refractivity contribution is 7.90. The molecule has 1 atom stereocenters. The molecule has 1 saturated heterocycles. The first-order valence-corrected chi connectivity index (χ1v) is 12.9. The van der Waals surface area contributed by atoms with Gasteiger partial charge in [-0.1, -0.05) is 24.6 Å². The number of hydrogen-bond acceptors (Lipinski definition) is 6. The molecule has 0 aliphatic carbocycles. The first kappa shape index (κ1) is 23.9. The quantitative estimate of drug-likeness (QED) is 0.648. The van der Waals surface area contributed by atoms with Crippen molar-refractivity contribution in [2.75, 3.05) is 18.1 Å². The predicted molar refractivity (Wildman–Crippen MR) is 130 cm³/mol. The van der Waals surface area contributed by atoms with Crippen molar-refractivity contribution in [1.82, 2.24) is 5.32 Å². The lowest BCUT2D eigenvalue weighted by molar-refractivity contribution is -0.124. The van der Waals surface area contributed by atoms with Crippen LogP contribution in [-0.4, -0.2) is 39.3 Å². The highest BCUT2D eigenvalue weighted by atomic mass is 32.2. The number of ether oxygens (including phenoxy) is 1. The van der Waals surface area contributed by atoms with Gasteiger partial charge in [0, 0.05) is 13.0 Å². The van der Waals surface area contributed by atoms with Crippen LogP contribution in [0.3, 0.4) is 0 Å². The summed E-state index contributed by atoms with van der Waals surface area (Å²) in [5, 5.41) is 2.81. The summed E-state index contributed by atoms with van der Waals surface area (Å²) in [4.78, 5) is 26.8. The Balaban J connectivity index is 1.42. The summed E-state index contributed by atoms with van der Waals surface area (Å²) in [6.45, 7) is 6.10. The van der Waals surface area contributed by atoms with Gasteiger partial charge >= 0.3 is 5.97 Å². The van der Waals surface area contributed by atoms with Crippen LogP contribution in [0.1, 0.15) is 65.7 Å². The molecule has 0 radical (unpaired) electrons. The minimum Gasteiger partial charge on any atom is -0.452 e. The lowest BCUT2D eigenvalue weighted by atomic mass is 10.0. The summed E-state index contributed by atoms with van der Waals surface area (Å²) in [5.74, 6) is -0.656. The summed E-state index contributed by atoms with van der Waals surface area (Å²) < 4.78 is 34.6. The number of hydrogen-bond donors (Lipinski definition) is 1. The van der Waals surface area contributed by atoms with E-state index in [1.165, 1.54) is 17.7 Å². The monoisotopic (exact) mass is 483 g/mol. The molecule has 0 bridgehead atoms. The van der Waals surface area contributed by atoms with E-state index in [-0.39, 0.29) is 16.5 Å². The van der Waals surface area contributed by atoms with Crippen molar-refractivity contribution in [2.45, 2.75) is 57.4 Å². The van der Waals surface area contributed by atoms with E-state index >= 15 is 0 Å². The average molecular weight is 484 g/mol. The fourth-order valence-corrected chi connectivity index (χ4v) is 5.51. The van der Waals surface area contributed by atoms with Gasteiger partial charge in [0.2, 0.25) is 0 Å². The van der Waals surface area contributed by atoms with Gasteiger partial charge in [0.1, 0.15) is 10.7 Å². The zero-order chi connectivity index (χ0) is 24.5. The largest absolute Gasteiger partial charge is 0.452 e. The Morgan fingerprint density at radius 1 is 1.09 bits per heavy atom. The number of anilines is 1. The van der Waals surface area contributed by atoms with Crippen molar-refractivity contribution in [2.24, 2.45) is 4.40 Å². The normalized spacial score (nSPS) is 17.5. The van der Waals surface area contributed by atoms with E-state index in [2.05, 4.69) is 9.71 Å². The van der Waals surface area contributed by atoms with Crippen LogP contribution in [0.2, 0.25) is 0 Å². The number of sulfonamides is 1. The van der Waals surface area contributed by atoms with E-state index in [0.29, 0.717) is 24.5 Å². The van der Waals surface area contributed by atoms with Crippen LogP contribution in [0.5, 0.6) is 0 Å². The van der Waals surface area contributed by atoms with Crippen molar-refractivity contribution >= 4 is 33.4 Å². The van der Waals surface area contributed by atoms with Gasteiger partial charge < -0.3 is 15.0 Å². The maximum atomic E-state index is 12.8. The van der Waals surface area contributed by atoms with Crippen LogP contribution >= 0.6 is 0 Å². The fourth-order valence-electron chi connectivity index (χ4n) is 4.22. The molecule has 0 saturated carbocycles. The van der Waals surface area contributed by atoms with Gasteiger partial charge in [0.05, 0.1) is 17.3 Å². The third-order valence-corrected chi connectivity index (χ3v) is 7.66. The summed E-state index contributed by atoms with van der Waals surface area (Å²) in [7, 11) is -3.91. The van der Waals surface area contributed by atoms with Gasteiger partial charge in [0.25, 0.3) is 15.9 Å². The van der Waals surface area contributed by atoms with Gasteiger partial charge in [-0.2, -0.15) is 8.42 Å². The van der Waals surface area contributed by atoms with Crippen LogP contribution < -0.4 is 10.2 Å². The fraction of sp³-hybridized carbons (Fsp3) is 0.400.